The van der Waals surface area contributed by atoms with E-state index in [1.54, 1.807) is 6.20 Å². The van der Waals surface area contributed by atoms with Gasteiger partial charge in [0.2, 0.25) is 5.91 Å². The maximum Gasteiger partial charge on any atom is 0.303 e. The van der Waals surface area contributed by atoms with E-state index in [9.17, 15) is 9.59 Å². The first-order valence-electron chi connectivity index (χ1n) is 9.15. The number of hydrogen-bond donors (Lipinski definition) is 2. The number of fused-ring (bicyclic) bond motifs is 1. The Morgan fingerprint density at radius 3 is 3.00 bits per heavy atom. The number of hydrogen-bond acceptors (Lipinski definition) is 4. The van der Waals surface area contributed by atoms with Crippen molar-refractivity contribution in [1.82, 2.24) is 9.88 Å². The molecule has 1 amide bonds. The van der Waals surface area contributed by atoms with E-state index in [2.05, 4.69) is 15.2 Å². The summed E-state index contributed by atoms with van der Waals surface area (Å²) < 4.78 is 0. The second-order valence-electron chi connectivity index (χ2n) is 6.98. The van der Waals surface area contributed by atoms with Gasteiger partial charge in [-0.3, -0.25) is 19.5 Å². The highest BCUT2D eigenvalue weighted by Crippen LogP contribution is 2.24. The zero-order valence-corrected chi connectivity index (χ0v) is 15.0. The summed E-state index contributed by atoms with van der Waals surface area (Å²) in [6.07, 6.45) is 4.64. The topological polar surface area (TPSA) is 82.5 Å². The standard InChI is InChI=1S/C20H25N3O3/c1-14(23-12-4-5-15(13-23)9-10-19(24)25)20(26)22-18-8-2-7-17-16(18)6-3-11-21-17/h2-3,6-8,11,14-15H,4-5,9-10,12-13H2,1H3,(H,22,26)(H,24,25). The van der Waals surface area contributed by atoms with E-state index in [1.165, 1.54) is 0 Å². The van der Waals surface area contributed by atoms with Gasteiger partial charge in [-0.05, 0) is 62.9 Å². The number of rotatable bonds is 6. The maximum atomic E-state index is 12.8. The second kappa shape index (κ2) is 8.27. The quantitative estimate of drug-likeness (QED) is 0.832. The highest BCUT2D eigenvalue weighted by Gasteiger charge is 2.27. The summed E-state index contributed by atoms with van der Waals surface area (Å²) in [7, 11) is 0. The highest BCUT2D eigenvalue weighted by molar-refractivity contribution is 6.02. The third kappa shape index (κ3) is 4.38. The SMILES string of the molecule is CC(C(=O)Nc1cccc2ncccc12)N1CCCC(CCC(=O)O)C1. The van der Waals surface area contributed by atoms with Crippen LogP contribution in [0.2, 0.25) is 0 Å². The summed E-state index contributed by atoms with van der Waals surface area (Å²) in [5, 5.41) is 12.8. The minimum absolute atomic E-state index is 0.0414. The van der Waals surface area contributed by atoms with Crippen LogP contribution in [0.4, 0.5) is 5.69 Å². The number of aromatic nitrogens is 1. The Balaban J connectivity index is 1.64. The summed E-state index contributed by atoms with van der Waals surface area (Å²) in [6, 6.07) is 9.25. The molecule has 1 aliphatic rings. The molecule has 2 aromatic rings. The lowest BCUT2D eigenvalue weighted by Crippen LogP contribution is -2.47. The van der Waals surface area contributed by atoms with Gasteiger partial charge in [0.05, 0.1) is 17.2 Å². The molecule has 6 nitrogen and oxygen atoms in total. The van der Waals surface area contributed by atoms with Crippen molar-refractivity contribution in [3.63, 3.8) is 0 Å². The molecular weight excluding hydrogens is 330 g/mol. The molecule has 1 saturated heterocycles. The molecule has 0 bridgehead atoms. The Hall–Kier alpha value is -2.47. The van der Waals surface area contributed by atoms with Gasteiger partial charge in [-0.1, -0.05) is 6.07 Å². The first-order valence-corrected chi connectivity index (χ1v) is 9.15. The number of amides is 1. The van der Waals surface area contributed by atoms with Crippen LogP contribution in [0.25, 0.3) is 10.9 Å². The smallest absolute Gasteiger partial charge is 0.303 e. The number of carboxylic acids is 1. The minimum Gasteiger partial charge on any atom is -0.481 e. The molecule has 0 radical (unpaired) electrons. The van der Waals surface area contributed by atoms with Gasteiger partial charge in [0, 0.05) is 24.5 Å². The van der Waals surface area contributed by atoms with Crippen molar-refractivity contribution in [3.8, 4) is 0 Å². The fraction of sp³-hybridized carbons (Fsp3) is 0.450. The maximum absolute atomic E-state index is 12.8. The fourth-order valence-corrected chi connectivity index (χ4v) is 3.63. The van der Waals surface area contributed by atoms with Gasteiger partial charge in [-0.25, -0.2) is 0 Å². The number of aliphatic carboxylic acids is 1. The van der Waals surface area contributed by atoms with Crippen LogP contribution in [0.1, 0.15) is 32.6 Å². The van der Waals surface area contributed by atoms with E-state index in [-0.39, 0.29) is 18.4 Å². The lowest BCUT2D eigenvalue weighted by atomic mass is 9.92. The van der Waals surface area contributed by atoms with Crippen molar-refractivity contribution in [3.05, 3.63) is 36.5 Å². The third-order valence-electron chi connectivity index (χ3n) is 5.15. The molecule has 1 aromatic heterocycles. The average Bonchev–Trinajstić information content (AvgIpc) is 2.66. The minimum atomic E-state index is -0.752. The zero-order chi connectivity index (χ0) is 18.5. The molecule has 26 heavy (non-hydrogen) atoms. The van der Waals surface area contributed by atoms with Crippen molar-refractivity contribution in [1.29, 1.82) is 0 Å². The van der Waals surface area contributed by atoms with Crippen molar-refractivity contribution in [2.24, 2.45) is 5.92 Å². The van der Waals surface area contributed by atoms with E-state index in [4.69, 9.17) is 5.11 Å². The van der Waals surface area contributed by atoms with E-state index in [0.29, 0.717) is 12.3 Å². The molecule has 2 heterocycles. The number of benzene rings is 1. The molecule has 1 aromatic carbocycles. The molecule has 2 unspecified atom stereocenters. The fourth-order valence-electron chi connectivity index (χ4n) is 3.63. The van der Waals surface area contributed by atoms with Crippen molar-refractivity contribution in [2.75, 3.05) is 18.4 Å². The summed E-state index contributed by atoms with van der Waals surface area (Å²) in [5.41, 5.74) is 1.62. The van der Waals surface area contributed by atoms with E-state index >= 15 is 0 Å². The molecule has 2 atom stereocenters. The number of nitrogens with zero attached hydrogens (tertiary/aromatic N) is 2. The highest BCUT2D eigenvalue weighted by atomic mass is 16.4. The monoisotopic (exact) mass is 355 g/mol. The number of carbonyl (C=O) groups is 2. The Morgan fingerprint density at radius 1 is 1.35 bits per heavy atom. The first-order chi connectivity index (χ1) is 12.5. The lowest BCUT2D eigenvalue weighted by molar-refractivity contribution is -0.137. The van der Waals surface area contributed by atoms with Crippen LogP contribution in [0.5, 0.6) is 0 Å². The van der Waals surface area contributed by atoms with Gasteiger partial charge in [-0.2, -0.15) is 0 Å². The number of likely N-dealkylation sites (tertiary alicyclic amines) is 1. The molecule has 6 heteroatoms. The molecule has 1 aliphatic heterocycles. The number of carbonyl (C=O) groups excluding carboxylic acids is 1. The van der Waals surface area contributed by atoms with Gasteiger partial charge in [0.1, 0.15) is 0 Å². The molecule has 0 saturated carbocycles. The van der Waals surface area contributed by atoms with Crippen molar-refractivity contribution >= 4 is 28.5 Å². The second-order valence-corrected chi connectivity index (χ2v) is 6.98. The van der Waals surface area contributed by atoms with Crippen molar-refractivity contribution in [2.45, 2.75) is 38.6 Å². The normalized spacial score (nSPS) is 19.2. The molecule has 2 N–H and O–H groups in total. The van der Waals surface area contributed by atoms with Gasteiger partial charge in [0.15, 0.2) is 0 Å². The molecule has 0 spiro atoms. The summed E-state index contributed by atoms with van der Waals surface area (Å²) in [6.45, 7) is 3.56. The Morgan fingerprint density at radius 2 is 2.19 bits per heavy atom. The summed E-state index contributed by atoms with van der Waals surface area (Å²) >= 11 is 0. The van der Waals surface area contributed by atoms with Gasteiger partial charge < -0.3 is 10.4 Å². The van der Waals surface area contributed by atoms with Crippen molar-refractivity contribution < 1.29 is 14.7 Å². The number of nitrogens with one attached hydrogen (secondary N) is 1. The van der Waals surface area contributed by atoms with Gasteiger partial charge in [-0.15, -0.1) is 0 Å². The molecular formula is C20H25N3O3. The number of pyridine rings is 1. The van der Waals surface area contributed by atoms with E-state index < -0.39 is 5.97 Å². The lowest BCUT2D eigenvalue weighted by Gasteiger charge is -2.36. The Labute approximate surface area is 153 Å². The van der Waals surface area contributed by atoms with Gasteiger partial charge in [0.25, 0.3) is 0 Å². The zero-order valence-electron chi connectivity index (χ0n) is 15.0. The molecule has 1 fully saturated rings. The Bertz CT molecular complexity index is 787. The number of anilines is 1. The summed E-state index contributed by atoms with van der Waals surface area (Å²) in [5.74, 6) is -0.449. The van der Waals surface area contributed by atoms with E-state index in [1.807, 2.05) is 37.3 Å². The number of carboxylic acid groups (broad SMARTS) is 1. The predicted molar refractivity (Wildman–Crippen MR) is 101 cm³/mol. The largest absolute Gasteiger partial charge is 0.481 e. The van der Waals surface area contributed by atoms with Crippen LogP contribution in [0, 0.1) is 5.92 Å². The van der Waals surface area contributed by atoms with Crippen LogP contribution in [-0.2, 0) is 9.59 Å². The predicted octanol–water partition coefficient (Wildman–Crippen LogP) is 3.14. The Kier molecular flexibility index (Phi) is 5.83. The summed E-state index contributed by atoms with van der Waals surface area (Å²) in [4.78, 5) is 30.0. The molecule has 3 rings (SSSR count). The molecule has 138 valence electrons. The van der Waals surface area contributed by atoms with Gasteiger partial charge >= 0.3 is 5.97 Å². The third-order valence-corrected chi connectivity index (χ3v) is 5.15. The molecule has 0 aliphatic carbocycles. The van der Waals surface area contributed by atoms with E-state index in [0.717, 1.165) is 42.5 Å². The number of piperidine rings is 1. The average molecular weight is 355 g/mol. The van der Waals surface area contributed by atoms with Crippen LogP contribution in [0.3, 0.4) is 0 Å². The first kappa shape index (κ1) is 18.3. The van der Waals surface area contributed by atoms with Crippen LogP contribution >= 0.6 is 0 Å². The van der Waals surface area contributed by atoms with Crippen LogP contribution < -0.4 is 5.32 Å². The van der Waals surface area contributed by atoms with Crippen LogP contribution in [-0.4, -0.2) is 46.0 Å². The van der Waals surface area contributed by atoms with Crippen LogP contribution in [0.15, 0.2) is 36.5 Å².